The molecular formula is C14H14N6O2. The zero-order valence-corrected chi connectivity index (χ0v) is 11.5. The van der Waals surface area contributed by atoms with Crippen molar-refractivity contribution < 1.29 is 4.92 Å². The van der Waals surface area contributed by atoms with Crippen LogP contribution in [0.25, 0.3) is 0 Å². The highest BCUT2D eigenvalue weighted by Gasteiger charge is 2.15. The smallest absolute Gasteiger partial charge is 0.270 e. The standard InChI is InChI=1S/C14H14N6O2/c15-12-7-6-10(20(21)22)8-11(12)13(18-19-14(16)17)9-4-2-1-3-5-9/h1-8H,15H2,(H4,16,17,19)/b18-13+. The summed E-state index contributed by atoms with van der Waals surface area (Å²) in [6, 6.07) is 13.1. The molecule has 0 aliphatic rings. The minimum atomic E-state index is -0.508. The summed E-state index contributed by atoms with van der Waals surface area (Å²) >= 11 is 0. The zero-order valence-electron chi connectivity index (χ0n) is 11.5. The molecule has 0 aliphatic heterocycles. The summed E-state index contributed by atoms with van der Waals surface area (Å²) in [5, 5.41) is 18.6. The van der Waals surface area contributed by atoms with Gasteiger partial charge in [0.1, 0.15) is 5.71 Å². The van der Waals surface area contributed by atoms with E-state index in [4.69, 9.17) is 17.2 Å². The molecule has 0 saturated carbocycles. The lowest BCUT2D eigenvalue weighted by Crippen LogP contribution is -2.22. The fraction of sp³-hybridized carbons (Fsp3) is 0. The Bertz CT molecular complexity index is 751. The van der Waals surface area contributed by atoms with E-state index in [0.29, 0.717) is 22.5 Å². The number of anilines is 1. The summed E-state index contributed by atoms with van der Waals surface area (Å²) in [6.07, 6.45) is 0. The molecule has 0 saturated heterocycles. The van der Waals surface area contributed by atoms with Crippen molar-refractivity contribution in [2.24, 2.45) is 21.7 Å². The third-order valence-electron chi connectivity index (χ3n) is 2.82. The highest BCUT2D eigenvalue weighted by molar-refractivity contribution is 6.16. The summed E-state index contributed by atoms with van der Waals surface area (Å²) < 4.78 is 0. The second kappa shape index (κ2) is 6.35. The number of nitrogens with two attached hydrogens (primary N) is 3. The molecule has 0 aromatic heterocycles. The molecule has 8 heteroatoms. The largest absolute Gasteiger partial charge is 0.398 e. The first-order valence-electron chi connectivity index (χ1n) is 6.25. The monoisotopic (exact) mass is 298 g/mol. The molecule has 0 spiro atoms. The summed E-state index contributed by atoms with van der Waals surface area (Å²) in [5.41, 5.74) is 18.1. The second-order valence-corrected chi connectivity index (χ2v) is 4.37. The van der Waals surface area contributed by atoms with Crippen LogP contribution in [-0.2, 0) is 0 Å². The highest BCUT2D eigenvalue weighted by atomic mass is 16.6. The molecule has 0 aliphatic carbocycles. The van der Waals surface area contributed by atoms with Gasteiger partial charge in [0.15, 0.2) is 0 Å². The van der Waals surface area contributed by atoms with Gasteiger partial charge in [0.25, 0.3) is 5.69 Å². The number of rotatable bonds is 4. The average molecular weight is 298 g/mol. The van der Waals surface area contributed by atoms with Crippen LogP contribution in [0.2, 0.25) is 0 Å². The van der Waals surface area contributed by atoms with Crippen molar-refractivity contribution in [3.05, 3.63) is 69.8 Å². The van der Waals surface area contributed by atoms with Gasteiger partial charge in [0.05, 0.1) is 4.92 Å². The Morgan fingerprint density at radius 1 is 1.05 bits per heavy atom. The molecule has 112 valence electrons. The number of non-ortho nitro benzene ring substituents is 1. The van der Waals surface area contributed by atoms with Crippen molar-refractivity contribution in [3.63, 3.8) is 0 Å². The first-order valence-corrected chi connectivity index (χ1v) is 6.25. The molecule has 0 bridgehead atoms. The molecule has 0 amide bonds. The van der Waals surface area contributed by atoms with Gasteiger partial charge >= 0.3 is 0 Å². The summed E-state index contributed by atoms with van der Waals surface area (Å²) in [5.74, 6) is -0.225. The normalized spacial score (nSPS) is 11.0. The van der Waals surface area contributed by atoms with E-state index in [9.17, 15) is 10.1 Å². The average Bonchev–Trinajstić information content (AvgIpc) is 2.49. The van der Waals surface area contributed by atoms with Crippen LogP contribution in [0.4, 0.5) is 11.4 Å². The van der Waals surface area contributed by atoms with E-state index in [2.05, 4.69) is 10.2 Å². The van der Waals surface area contributed by atoms with Crippen molar-refractivity contribution in [2.45, 2.75) is 0 Å². The first-order chi connectivity index (χ1) is 10.5. The van der Waals surface area contributed by atoms with Crippen LogP contribution in [0.3, 0.4) is 0 Å². The molecule has 2 aromatic rings. The Morgan fingerprint density at radius 2 is 1.73 bits per heavy atom. The second-order valence-electron chi connectivity index (χ2n) is 4.37. The molecule has 0 unspecified atom stereocenters. The van der Waals surface area contributed by atoms with Gasteiger partial charge in [0, 0.05) is 28.9 Å². The Kier molecular flexibility index (Phi) is 4.33. The quantitative estimate of drug-likeness (QED) is 0.255. The SMILES string of the molecule is NC(N)=N/N=C(\c1ccccc1)c1cc([N+](=O)[O-])ccc1N. The van der Waals surface area contributed by atoms with Gasteiger partial charge in [0.2, 0.25) is 5.96 Å². The van der Waals surface area contributed by atoms with Crippen LogP contribution >= 0.6 is 0 Å². The minimum Gasteiger partial charge on any atom is -0.398 e. The van der Waals surface area contributed by atoms with E-state index in [-0.39, 0.29) is 11.6 Å². The van der Waals surface area contributed by atoms with Gasteiger partial charge < -0.3 is 17.2 Å². The molecular weight excluding hydrogens is 284 g/mol. The third-order valence-corrected chi connectivity index (χ3v) is 2.82. The number of nitrogens with zero attached hydrogens (tertiary/aromatic N) is 3. The fourth-order valence-electron chi connectivity index (χ4n) is 1.83. The Balaban J connectivity index is 2.65. The van der Waals surface area contributed by atoms with E-state index in [1.54, 1.807) is 24.3 Å². The number of nitro benzene ring substituents is 1. The first kappa shape index (κ1) is 15.0. The van der Waals surface area contributed by atoms with Crippen molar-refractivity contribution in [1.29, 1.82) is 0 Å². The van der Waals surface area contributed by atoms with Gasteiger partial charge in [-0.2, -0.15) is 0 Å². The maximum atomic E-state index is 10.9. The maximum absolute atomic E-state index is 10.9. The van der Waals surface area contributed by atoms with Crippen LogP contribution in [0, 0.1) is 10.1 Å². The molecule has 8 nitrogen and oxygen atoms in total. The molecule has 6 N–H and O–H groups in total. The third kappa shape index (κ3) is 3.37. The number of nitrogen functional groups attached to an aromatic ring is 1. The zero-order chi connectivity index (χ0) is 16.1. The van der Waals surface area contributed by atoms with Crippen molar-refractivity contribution in [2.75, 3.05) is 5.73 Å². The summed E-state index contributed by atoms with van der Waals surface area (Å²) in [4.78, 5) is 10.4. The number of benzene rings is 2. The molecule has 22 heavy (non-hydrogen) atoms. The predicted octanol–water partition coefficient (Wildman–Crippen LogP) is 1.20. The molecule has 0 fully saturated rings. The molecule has 2 aromatic carbocycles. The van der Waals surface area contributed by atoms with Gasteiger partial charge in [-0.05, 0) is 6.07 Å². The van der Waals surface area contributed by atoms with E-state index < -0.39 is 4.92 Å². The highest BCUT2D eigenvalue weighted by Crippen LogP contribution is 2.23. The van der Waals surface area contributed by atoms with Crippen molar-refractivity contribution >= 4 is 23.0 Å². The molecule has 2 rings (SSSR count). The lowest BCUT2D eigenvalue weighted by molar-refractivity contribution is -0.384. The number of guanidine groups is 1. The number of nitro groups is 1. The maximum Gasteiger partial charge on any atom is 0.270 e. The van der Waals surface area contributed by atoms with E-state index in [1.807, 2.05) is 6.07 Å². The van der Waals surface area contributed by atoms with Gasteiger partial charge in [-0.1, -0.05) is 30.3 Å². The predicted molar refractivity (Wildman–Crippen MR) is 85.4 cm³/mol. The van der Waals surface area contributed by atoms with Crippen molar-refractivity contribution in [3.8, 4) is 0 Å². The molecule has 0 radical (unpaired) electrons. The van der Waals surface area contributed by atoms with Crippen molar-refractivity contribution in [1.82, 2.24) is 0 Å². The lowest BCUT2D eigenvalue weighted by Gasteiger charge is -2.08. The number of hydrogen-bond donors (Lipinski definition) is 3. The van der Waals surface area contributed by atoms with E-state index >= 15 is 0 Å². The van der Waals surface area contributed by atoms with Gasteiger partial charge in [-0.25, -0.2) is 0 Å². The summed E-state index contributed by atoms with van der Waals surface area (Å²) in [6.45, 7) is 0. The Morgan fingerprint density at radius 3 is 2.32 bits per heavy atom. The minimum absolute atomic E-state index is 0.0995. The van der Waals surface area contributed by atoms with Crippen LogP contribution in [-0.4, -0.2) is 16.6 Å². The van der Waals surface area contributed by atoms with Crippen LogP contribution in [0.1, 0.15) is 11.1 Å². The summed E-state index contributed by atoms with van der Waals surface area (Å²) in [7, 11) is 0. The lowest BCUT2D eigenvalue weighted by atomic mass is 10.0. The topological polar surface area (TPSA) is 146 Å². The molecule has 0 atom stereocenters. The Hall–Kier alpha value is -3.42. The van der Waals surface area contributed by atoms with Crippen LogP contribution in [0.5, 0.6) is 0 Å². The van der Waals surface area contributed by atoms with Crippen LogP contribution < -0.4 is 17.2 Å². The molecule has 0 heterocycles. The van der Waals surface area contributed by atoms with Gasteiger partial charge in [-0.15, -0.1) is 10.2 Å². The van der Waals surface area contributed by atoms with E-state index in [0.717, 1.165) is 0 Å². The van der Waals surface area contributed by atoms with Gasteiger partial charge in [-0.3, -0.25) is 10.1 Å². The fourth-order valence-corrected chi connectivity index (χ4v) is 1.83. The van der Waals surface area contributed by atoms with E-state index in [1.165, 1.54) is 18.2 Å². The van der Waals surface area contributed by atoms with Crippen LogP contribution in [0.15, 0.2) is 58.7 Å². The number of hydrogen-bond acceptors (Lipinski definition) is 5. The Labute approximate surface area is 126 Å².